The lowest BCUT2D eigenvalue weighted by atomic mass is 10.1. The van der Waals surface area contributed by atoms with Crippen LogP contribution in [0.15, 0.2) is 24.3 Å². The molecule has 0 fully saturated rings. The number of thiophene rings is 1. The molecule has 0 aliphatic heterocycles. The lowest BCUT2D eigenvalue weighted by Crippen LogP contribution is -2.36. The number of hydrogen-bond acceptors (Lipinski definition) is 3. The highest BCUT2D eigenvalue weighted by atomic mass is 32.1. The fourth-order valence-electron chi connectivity index (χ4n) is 2.05. The van der Waals surface area contributed by atoms with E-state index in [1.165, 1.54) is 28.4 Å². The largest absolute Gasteiger partial charge is 0.481 e. The molecule has 0 radical (unpaired) electrons. The van der Waals surface area contributed by atoms with E-state index in [2.05, 4.69) is 0 Å². The molecular weight excluding hydrogens is 293 g/mol. The van der Waals surface area contributed by atoms with Crippen LogP contribution >= 0.6 is 11.3 Å². The Balaban J connectivity index is 2.27. The molecule has 0 saturated carbocycles. The van der Waals surface area contributed by atoms with Crippen LogP contribution in [0, 0.1) is 11.7 Å². The standard InChI is InChI=1S/C15H16FNO3S/c1-3-17(8-9(2)15(19)20)14(18)13-7-10-11(16)5-4-6-12(10)21-13/h4-7,9H,3,8H2,1-2H3,(H,19,20). The Morgan fingerprint density at radius 3 is 2.71 bits per heavy atom. The van der Waals surface area contributed by atoms with Crippen molar-refractivity contribution in [3.63, 3.8) is 0 Å². The Hall–Kier alpha value is -1.95. The van der Waals surface area contributed by atoms with Crippen LogP contribution in [0.2, 0.25) is 0 Å². The van der Waals surface area contributed by atoms with Gasteiger partial charge in [-0.05, 0) is 25.1 Å². The van der Waals surface area contributed by atoms with E-state index in [1.54, 1.807) is 26.0 Å². The second-order valence-electron chi connectivity index (χ2n) is 4.85. The van der Waals surface area contributed by atoms with Crippen LogP contribution in [0.5, 0.6) is 0 Å². The number of amides is 1. The van der Waals surface area contributed by atoms with Gasteiger partial charge in [-0.15, -0.1) is 11.3 Å². The number of rotatable bonds is 5. The Kier molecular flexibility index (Phi) is 4.57. The molecule has 0 aliphatic rings. The van der Waals surface area contributed by atoms with Gasteiger partial charge < -0.3 is 10.0 Å². The highest BCUT2D eigenvalue weighted by molar-refractivity contribution is 7.20. The smallest absolute Gasteiger partial charge is 0.308 e. The van der Waals surface area contributed by atoms with Crippen molar-refractivity contribution in [1.82, 2.24) is 4.90 Å². The maximum absolute atomic E-state index is 13.7. The summed E-state index contributed by atoms with van der Waals surface area (Å²) in [5.41, 5.74) is 0. The first-order chi connectivity index (χ1) is 9.93. The minimum atomic E-state index is -0.941. The molecule has 4 nitrogen and oxygen atoms in total. The van der Waals surface area contributed by atoms with Crippen LogP contribution in [0.3, 0.4) is 0 Å². The Labute approximate surface area is 125 Å². The van der Waals surface area contributed by atoms with Gasteiger partial charge in [0.25, 0.3) is 5.91 Å². The number of halogens is 1. The number of carboxylic acid groups (broad SMARTS) is 1. The normalized spacial score (nSPS) is 12.3. The third-order valence-electron chi connectivity index (χ3n) is 3.30. The summed E-state index contributed by atoms with van der Waals surface area (Å²) in [5, 5.41) is 9.37. The maximum Gasteiger partial charge on any atom is 0.308 e. The third kappa shape index (κ3) is 3.21. The first-order valence-electron chi connectivity index (χ1n) is 6.64. The van der Waals surface area contributed by atoms with E-state index in [0.29, 0.717) is 21.5 Å². The number of carboxylic acids is 1. The molecular formula is C15H16FNO3S. The van der Waals surface area contributed by atoms with Gasteiger partial charge in [0.2, 0.25) is 0 Å². The van der Waals surface area contributed by atoms with E-state index >= 15 is 0 Å². The van der Waals surface area contributed by atoms with Crippen LogP contribution in [-0.2, 0) is 4.79 Å². The van der Waals surface area contributed by atoms with Crippen LogP contribution in [0.25, 0.3) is 10.1 Å². The summed E-state index contributed by atoms with van der Waals surface area (Å²) >= 11 is 1.22. The fraction of sp³-hybridized carbons (Fsp3) is 0.333. The van der Waals surface area contributed by atoms with Crippen LogP contribution in [0.4, 0.5) is 4.39 Å². The van der Waals surface area contributed by atoms with Gasteiger partial charge in [0.05, 0.1) is 10.8 Å². The molecule has 112 valence electrons. The molecule has 2 aromatic rings. The van der Waals surface area contributed by atoms with Crippen LogP contribution in [-0.4, -0.2) is 35.0 Å². The predicted octanol–water partition coefficient (Wildman–Crippen LogP) is 3.22. The van der Waals surface area contributed by atoms with Gasteiger partial charge in [-0.3, -0.25) is 9.59 Å². The predicted molar refractivity (Wildman–Crippen MR) is 80.2 cm³/mol. The molecule has 1 amide bonds. The average Bonchev–Trinajstić information content (AvgIpc) is 2.89. The summed E-state index contributed by atoms with van der Waals surface area (Å²) in [6, 6.07) is 6.25. The monoisotopic (exact) mass is 309 g/mol. The van der Waals surface area contributed by atoms with E-state index in [0.717, 1.165) is 0 Å². The number of carbonyl (C=O) groups is 2. The van der Waals surface area contributed by atoms with E-state index in [1.807, 2.05) is 0 Å². The second-order valence-corrected chi connectivity index (χ2v) is 5.93. The number of benzene rings is 1. The number of carbonyl (C=O) groups excluding carboxylic acids is 1. The molecule has 0 spiro atoms. The van der Waals surface area contributed by atoms with Crippen molar-refractivity contribution in [1.29, 1.82) is 0 Å². The topological polar surface area (TPSA) is 57.6 Å². The summed E-state index contributed by atoms with van der Waals surface area (Å²) < 4.78 is 14.4. The molecule has 1 unspecified atom stereocenters. The fourth-order valence-corrected chi connectivity index (χ4v) is 3.09. The molecule has 0 bridgehead atoms. The SMILES string of the molecule is CCN(CC(C)C(=O)O)C(=O)c1cc2c(F)cccc2s1. The van der Waals surface area contributed by atoms with Crippen LogP contribution < -0.4 is 0 Å². The van der Waals surface area contributed by atoms with Crippen molar-refractivity contribution in [2.75, 3.05) is 13.1 Å². The summed E-state index contributed by atoms with van der Waals surface area (Å²) in [7, 11) is 0. The van der Waals surface area contributed by atoms with Crippen LogP contribution in [0.1, 0.15) is 23.5 Å². The molecule has 1 N–H and O–H groups in total. The third-order valence-corrected chi connectivity index (χ3v) is 4.39. The Bertz CT molecular complexity index is 683. The molecule has 2 rings (SSSR count). The molecule has 1 atom stereocenters. The lowest BCUT2D eigenvalue weighted by Gasteiger charge is -2.22. The van der Waals surface area contributed by atoms with E-state index in [4.69, 9.17) is 5.11 Å². The molecule has 21 heavy (non-hydrogen) atoms. The minimum absolute atomic E-state index is 0.140. The van der Waals surface area contributed by atoms with Gasteiger partial charge in [-0.2, -0.15) is 0 Å². The summed E-state index contributed by atoms with van der Waals surface area (Å²) in [5.74, 6) is -2.19. The highest BCUT2D eigenvalue weighted by Crippen LogP contribution is 2.28. The van der Waals surface area contributed by atoms with E-state index in [9.17, 15) is 14.0 Å². The van der Waals surface area contributed by atoms with E-state index in [-0.39, 0.29) is 18.3 Å². The minimum Gasteiger partial charge on any atom is -0.481 e. The molecule has 1 aromatic heterocycles. The average molecular weight is 309 g/mol. The second kappa shape index (κ2) is 6.22. The van der Waals surface area contributed by atoms with Crippen molar-refractivity contribution < 1.29 is 19.1 Å². The zero-order valence-electron chi connectivity index (χ0n) is 11.8. The number of aliphatic carboxylic acids is 1. The molecule has 1 aromatic carbocycles. The Morgan fingerprint density at radius 1 is 1.43 bits per heavy atom. The Morgan fingerprint density at radius 2 is 2.14 bits per heavy atom. The lowest BCUT2D eigenvalue weighted by molar-refractivity contribution is -0.141. The number of nitrogens with zero attached hydrogens (tertiary/aromatic N) is 1. The highest BCUT2D eigenvalue weighted by Gasteiger charge is 2.22. The van der Waals surface area contributed by atoms with Gasteiger partial charge >= 0.3 is 5.97 Å². The van der Waals surface area contributed by atoms with Crippen molar-refractivity contribution in [3.05, 3.63) is 35.0 Å². The van der Waals surface area contributed by atoms with Crippen molar-refractivity contribution in [2.45, 2.75) is 13.8 Å². The quantitative estimate of drug-likeness (QED) is 0.922. The first-order valence-corrected chi connectivity index (χ1v) is 7.45. The first kappa shape index (κ1) is 15.4. The zero-order valence-corrected chi connectivity index (χ0v) is 12.6. The number of hydrogen-bond donors (Lipinski definition) is 1. The molecule has 1 heterocycles. The van der Waals surface area contributed by atoms with Gasteiger partial charge in [0.1, 0.15) is 5.82 Å². The summed E-state index contributed by atoms with van der Waals surface area (Å²) in [4.78, 5) is 25.2. The molecule has 6 heteroatoms. The van der Waals surface area contributed by atoms with Gasteiger partial charge in [-0.1, -0.05) is 13.0 Å². The molecule has 0 saturated heterocycles. The van der Waals surface area contributed by atoms with Crippen molar-refractivity contribution >= 4 is 33.3 Å². The van der Waals surface area contributed by atoms with Gasteiger partial charge in [0, 0.05) is 23.2 Å². The zero-order chi connectivity index (χ0) is 15.6. The van der Waals surface area contributed by atoms with Crippen molar-refractivity contribution in [3.8, 4) is 0 Å². The van der Waals surface area contributed by atoms with E-state index < -0.39 is 11.9 Å². The van der Waals surface area contributed by atoms with Crippen molar-refractivity contribution in [2.24, 2.45) is 5.92 Å². The van der Waals surface area contributed by atoms with Gasteiger partial charge in [0.15, 0.2) is 0 Å². The maximum atomic E-state index is 13.7. The summed E-state index contributed by atoms with van der Waals surface area (Å²) in [6.07, 6.45) is 0. The van der Waals surface area contributed by atoms with Gasteiger partial charge in [-0.25, -0.2) is 4.39 Å². The summed E-state index contributed by atoms with van der Waals surface area (Å²) in [6.45, 7) is 3.90. The number of fused-ring (bicyclic) bond motifs is 1. The molecule has 0 aliphatic carbocycles.